The molecule has 2 fully saturated rings. The van der Waals surface area contributed by atoms with Crippen LogP contribution >= 0.6 is 0 Å². The van der Waals surface area contributed by atoms with Gasteiger partial charge in [-0.2, -0.15) is 0 Å². The zero-order valence-electron chi connectivity index (χ0n) is 12.8. The van der Waals surface area contributed by atoms with Gasteiger partial charge < -0.3 is 9.80 Å². The average Bonchev–Trinajstić information content (AvgIpc) is 3.30. The molecule has 1 heterocycles. The molecule has 118 valence electrons. The van der Waals surface area contributed by atoms with E-state index in [4.69, 9.17) is 0 Å². The Bertz CT molecular complexity index is 573. The SMILES string of the molecule is CC(=O)N1CCCN(C(=O)C2CC2c2ccc(F)cc2)CC1. The lowest BCUT2D eigenvalue weighted by Crippen LogP contribution is -2.37. The van der Waals surface area contributed by atoms with Gasteiger partial charge in [-0.3, -0.25) is 9.59 Å². The lowest BCUT2D eigenvalue weighted by atomic mass is 10.1. The molecule has 1 saturated carbocycles. The first-order valence-electron chi connectivity index (χ1n) is 7.86. The van der Waals surface area contributed by atoms with Crippen LogP contribution in [-0.4, -0.2) is 47.8 Å². The number of carbonyl (C=O) groups is 2. The first-order chi connectivity index (χ1) is 10.6. The van der Waals surface area contributed by atoms with Crippen molar-refractivity contribution in [1.29, 1.82) is 0 Å². The van der Waals surface area contributed by atoms with Gasteiger partial charge in [0.2, 0.25) is 11.8 Å². The van der Waals surface area contributed by atoms with E-state index in [0.29, 0.717) is 13.1 Å². The predicted octanol–water partition coefficient (Wildman–Crippen LogP) is 2.01. The Morgan fingerprint density at radius 3 is 2.36 bits per heavy atom. The summed E-state index contributed by atoms with van der Waals surface area (Å²) in [5.74, 6) is 0.253. The van der Waals surface area contributed by atoms with Crippen molar-refractivity contribution in [2.75, 3.05) is 26.2 Å². The standard InChI is InChI=1S/C17H21FN2O2/c1-12(21)19-7-2-8-20(10-9-19)17(22)16-11-15(16)13-3-5-14(18)6-4-13/h3-6,15-16H,2,7-11H2,1H3. The summed E-state index contributed by atoms with van der Waals surface area (Å²) in [7, 11) is 0. The van der Waals surface area contributed by atoms with Crippen LogP contribution in [0.15, 0.2) is 24.3 Å². The maximum atomic E-state index is 13.0. The van der Waals surface area contributed by atoms with Crippen LogP contribution in [-0.2, 0) is 9.59 Å². The van der Waals surface area contributed by atoms with E-state index in [1.54, 1.807) is 24.0 Å². The Morgan fingerprint density at radius 1 is 1.05 bits per heavy atom. The lowest BCUT2D eigenvalue weighted by molar-refractivity contribution is -0.133. The number of nitrogens with zero attached hydrogens (tertiary/aromatic N) is 2. The average molecular weight is 304 g/mol. The van der Waals surface area contributed by atoms with Gasteiger partial charge in [-0.05, 0) is 36.5 Å². The van der Waals surface area contributed by atoms with Crippen molar-refractivity contribution in [1.82, 2.24) is 9.80 Å². The second kappa shape index (κ2) is 6.07. The largest absolute Gasteiger partial charge is 0.341 e. The molecule has 1 aliphatic carbocycles. The molecule has 0 bridgehead atoms. The zero-order valence-corrected chi connectivity index (χ0v) is 12.8. The fraction of sp³-hybridized carbons (Fsp3) is 0.529. The van der Waals surface area contributed by atoms with Crippen LogP contribution < -0.4 is 0 Å². The van der Waals surface area contributed by atoms with Gasteiger partial charge in [-0.25, -0.2) is 4.39 Å². The summed E-state index contributed by atoms with van der Waals surface area (Å²) in [5, 5.41) is 0. The third kappa shape index (κ3) is 3.13. The van der Waals surface area contributed by atoms with Crippen molar-refractivity contribution in [3.8, 4) is 0 Å². The number of hydrogen-bond donors (Lipinski definition) is 0. The maximum absolute atomic E-state index is 13.0. The van der Waals surface area contributed by atoms with Crippen LogP contribution in [0.1, 0.15) is 31.2 Å². The van der Waals surface area contributed by atoms with Gasteiger partial charge in [-0.15, -0.1) is 0 Å². The van der Waals surface area contributed by atoms with E-state index < -0.39 is 0 Å². The fourth-order valence-electron chi connectivity index (χ4n) is 3.23. The third-order valence-corrected chi connectivity index (χ3v) is 4.66. The molecule has 1 saturated heterocycles. The smallest absolute Gasteiger partial charge is 0.226 e. The first-order valence-corrected chi connectivity index (χ1v) is 7.86. The van der Waals surface area contributed by atoms with Crippen LogP contribution in [0.5, 0.6) is 0 Å². The number of benzene rings is 1. The second-order valence-corrected chi connectivity index (χ2v) is 6.19. The van der Waals surface area contributed by atoms with Crippen LogP contribution in [0.25, 0.3) is 0 Å². The molecule has 1 aromatic rings. The van der Waals surface area contributed by atoms with Crippen molar-refractivity contribution < 1.29 is 14.0 Å². The van der Waals surface area contributed by atoms with Gasteiger partial charge in [0.05, 0.1) is 0 Å². The zero-order chi connectivity index (χ0) is 15.7. The molecule has 22 heavy (non-hydrogen) atoms. The minimum absolute atomic E-state index is 0.0225. The van der Waals surface area contributed by atoms with E-state index in [1.807, 2.05) is 4.90 Å². The molecule has 2 atom stereocenters. The minimum atomic E-state index is -0.246. The van der Waals surface area contributed by atoms with Gasteiger partial charge >= 0.3 is 0 Å². The Hall–Kier alpha value is -1.91. The molecule has 0 radical (unpaired) electrons. The van der Waals surface area contributed by atoms with E-state index in [1.165, 1.54) is 12.1 Å². The van der Waals surface area contributed by atoms with E-state index in [2.05, 4.69) is 0 Å². The molecule has 0 aromatic heterocycles. The number of carbonyl (C=O) groups excluding carboxylic acids is 2. The Kier molecular flexibility index (Phi) is 4.14. The quantitative estimate of drug-likeness (QED) is 0.838. The summed E-state index contributed by atoms with van der Waals surface area (Å²) in [5.41, 5.74) is 1.04. The molecule has 4 nitrogen and oxygen atoms in total. The Balaban J connectivity index is 1.59. The number of rotatable bonds is 2. The molecule has 5 heteroatoms. The molecule has 1 aliphatic heterocycles. The van der Waals surface area contributed by atoms with Crippen molar-refractivity contribution in [3.63, 3.8) is 0 Å². The lowest BCUT2D eigenvalue weighted by Gasteiger charge is -2.21. The number of amides is 2. The van der Waals surface area contributed by atoms with Crippen molar-refractivity contribution in [2.24, 2.45) is 5.92 Å². The molecular formula is C17H21FN2O2. The molecule has 2 aliphatic rings. The molecular weight excluding hydrogens is 283 g/mol. The van der Waals surface area contributed by atoms with E-state index >= 15 is 0 Å². The highest BCUT2D eigenvalue weighted by atomic mass is 19.1. The topological polar surface area (TPSA) is 40.6 Å². The third-order valence-electron chi connectivity index (χ3n) is 4.66. The highest BCUT2D eigenvalue weighted by Crippen LogP contribution is 2.48. The summed E-state index contributed by atoms with van der Waals surface area (Å²) in [6.07, 6.45) is 1.68. The van der Waals surface area contributed by atoms with Gasteiger partial charge in [0.25, 0.3) is 0 Å². The van der Waals surface area contributed by atoms with E-state index in [0.717, 1.165) is 31.5 Å². The summed E-state index contributed by atoms with van der Waals surface area (Å²) in [6, 6.07) is 6.44. The summed E-state index contributed by atoms with van der Waals surface area (Å²) in [4.78, 5) is 27.7. The van der Waals surface area contributed by atoms with Gasteiger partial charge in [0, 0.05) is 39.0 Å². The second-order valence-electron chi connectivity index (χ2n) is 6.19. The summed E-state index contributed by atoms with van der Waals surface area (Å²) < 4.78 is 13.0. The Labute approximate surface area is 129 Å². The molecule has 2 unspecified atom stereocenters. The molecule has 3 rings (SSSR count). The van der Waals surface area contributed by atoms with Crippen LogP contribution in [0.4, 0.5) is 4.39 Å². The number of hydrogen-bond acceptors (Lipinski definition) is 2. The normalized spacial score (nSPS) is 24.8. The van der Waals surface area contributed by atoms with Gasteiger partial charge in [0.15, 0.2) is 0 Å². The summed E-state index contributed by atoms with van der Waals surface area (Å²) in [6.45, 7) is 4.25. The highest BCUT2D eigenvalue weighted by molar-refractivity contribution is 5.83. The van der Waals surface area contributed by atoms with Crippen LogP contribution in [0, 0.1) is 11.7 Å². The van der Waals surface area contributed by atoms with Crippen molar-refractivity contribution in [3.05, 3.63) is 35.6 Å². The maximum Gasteiger partial charge on any atom is 0.226 e. The monoisotopic (exact) mass is 304 g/mol. The van der Waals surface area contributed by atoms with Gasteiger partial charge in [-0.1, -0.05) is 12.1 Å². The number of halogens is 1. The van der Waals surface area contributed by atoms with Gasteiger partial charge in [0.1, 0.15) is 5.82 Å². The molecule has 0 spiro atoms. The van der Waals surface area contributed by atoms with E-state index in [-0.39, 0.29) is 29.5 Å². The molecule has 1 aromatic carbocycles. The predicted molar refractivity (Wildman–Crippen MR) is 80.7 cm³/mol. The highest BCUT2D eigenvalue weighted by Gasteiger charge is 2.45. The first kappa shape index (κ1) is 15.0. The summed E-state index contributed by atoms with van der Waals surface area (Å²) >= 11 is 0. The molecule has 0 N–H and O–H groups in total. The van der Waals surface area contributed by atoms with E-state index in [9.17, 15) is 14.0 Å². The Morgan fingerprint density at radius 2 is 1.68 bits per heavy atom. The fourth-order valence-corrected chi connectivity index (χ4v) is 3.23. The molecule has 2 amide bonds. The van der Waals surface area contributed by atoms with Crippen LogP contribution in [0.3, 0.4) is 0 Å². The van der Waals surface area contributed by atoms with Crippen molar-refractivity contribution >= 4 is 11.8 Å². The van der Waals surface area contributed by atoms with Crippen molar-refractivity contribution in [2.45, 2.75) is 25.7 Å². The van der Waals surface area contributed by atoms with Crippen LogP contribution in [0.2, 0.25) is 0 Å². The minimum Gasteiger partial charge on any atom is -0.341 e.